The van der Waals surface area contributed by atoms with E-state index in [-0.39, 0.29) is 0 Å². The van der Waals surface area contributed by atoms with E-state index in [0.29, 0.717) is 17.8 Å². The van der Waals surface area contributed by atoms with Crippen molar-refractivity contribution in [2.24, 2.45) is 12.8 Å². The molecule has 7 heteroatoms. The van der Waals surface area contributed by atoms with E-state index in [1.807, 2.05) is 0 Å². The second-order valence-electron chi connectivity index (χ2n) is 4.23. The second kappa shape index (κ2) is 5.00. The number of hydrogen-bond acceptors (Lipinski definition) is 3. The first-order chi connectivity index (χ1) is 8.88. The van der Waals surface area contributed by atoms with E-state index in [1.54, 1.807) is 11.7 Å². The molecule has 2 aromatic rings. The van der Waals surface area contributed by atoms with Crippen molar-refractivity contribution in [3.8, 4) is 0 Å². The maximum Gasteiger partial charge on any atom is 0.416 e. The topological polar surface area (TPSA) is 56.7 Å². The van der Waals surface area contributed by atoms with Gasteiger partial charge in [0.15, 0.2) is 0 Å². The zero-order valence-corrected chi connectivity index (χ0v) is 10.2. The number of nitrogens with two attached hydrogens (primary N) is 1. The van der Waals surface area contributed by atoms with Crippen LogP contribution in [-0.4, -0.2) is 14.8 Å². The Hall–Kier alpha value is -1.89. The number of aryl methyl sites for hydroxylation is 1. The lowest BCUT2D eigenvalue weighted by molar-refractivity contribution is -0.137. The predicted octanol–water partition coefficient (Wildman–Crippen LogP) is 2.08. The van der Waals surface area contributed by atoms with Gasteiger partial charge in [-0.25, -0.2) is 4.98 Å². The molecule has 2 rings (SSSR count). The van der Waals surface area contributed by atoms with Gasteiger partial charge in [-0.05, 0) is 17.7 Å². The lowest BCUT2D eigenvalue weighted by atomic mass is 10.0. The molecule has 1 atom stereocenters. The van der Waals surface area contributed by atoms with Crippen molar-refractivity contribution in [1.29, 1.82) is 0 Å². The fourth-order valence-electron chi connectivity index (χ4n) is 1.74. The number of nitrogens with zero attached hydrogens (tertiary/aromatic N) is 3. The monoisotopic (exact) mass is 270 g/mol. The van der Waals surface area contributed by atoms with Crippen LogP contribution in [0.1, 0.15) is 23.0 Å². The molecule has 0 radical (unpaired) electrons. The standard InChI is InChI=1S/C12H13F3N4/c1-19-11(17-7-18-19)6-10(16)8-2-4-9(5-3-8)12(13,14)15/h2-5,7,10H,6,16H2,1H3. The van der Waals surface area contributed by atoms with Gasteiger partial charge in [-0.3, -0.25) is 4.68 Å². The van der Waals surface area contributed by atoms with Crippen molar-refractivity contribution < 1.29 is 13.2 Å². The minimum Gasteiger partial charge on any atom is -0.324 e. The average molecular weight is 270 g/mol. The minimum absolute atomic E-state index is 0.412. The molecule has 1 unspecified atom stereocenters. The zero-order valence-electron chi connectivity index (χ0n) is 10.2. The molecule has 0 aliphatic heterocycles. The Morgan fingerprint density at radius 3 is 2.37 bits per heavy atom. The van der Waals surface area contributed by atoms with Gasteiger partial charge in [0.2, 0.25) is 0 Å². The van der Waals surface area contributed by atoms with Crippen LogP contribution in [0.3, 0.4) is 0 Å². The van der Waals surface area contributed by atoms with Gasteiger partial charge in [-0.2, -0.15) is 18.3 Å². The highest BCUT2D eigenvalue weighted by Crippen LogP contribution is 2.29. The van der Waals surface area contributed by atoms with Crippen LogP contribution in [-0.2, 0) is 19.6 Å². The van der Waals surface area contributed by atoms with E-state index >= 15 is 0 Å². The van der Waals surface area contributed by atoms with Gasteiger partial charge in [0, 0.05) is 19.5 Å². The predicted molar refractivity (Wildman–Crippen MR) is 63.1 cm³/mol. The molecule has 1 aromatic heterocycles. The van der Waals surface area contributed by atoms with Crippen LogP contribution in [0.5, 0.6) is 0 Å². The number of benzene rings is 1. The van der Waals surface area contributed by atoms with E-state index in [9.17, 15) is 13.2 Å². The summed E-state index contributed by atoms with van der Waals surface area (Å²) < 4.78 is 38.9. The third-order valence-corrected chi connectivity index (χ3v) is 2.87. The van der Waals surface area contributed by atoms with Gasteiger partial charge < -0.3 is 5.73 Å². The van der Waals surface area contributed by atoms with Crippen LogP contribution in [0.25, 0.3) is 0 Å². The van der Waals surface area contributed by atoms with Gasteiger partial charge in [0.1, 0.15) is 12.2 Å². The molecule has 0 aliphatic carbocycles. The molecule has 1 heterocycles. The molecule has 0 aliphatic rings. The Kier molecular flexibility index (Phi) is 3.57. The average Bonchev–Trinajstić information content (AvgIpc) is 2.74. The van der Waals surface area contributed by atoms with Crippen LogP contribution < -0.4 is 5.73 Å². The third kappa shape index (κ3) is 3.11. The Balaban J connectivity index is 2.12. The van der Waals surface area contributed by atoms with Crippen molar-refractivity contribution in [3.63, 3.8) is 0 Å². The van der Waals surface area contributed by atoms with E-state index in [0.717, 1.165) is 12.1 Å². The van der Waals surface area contributed by atoms with Crippen molar-refractivity contribution in [2.45, 2.75) is 18.6 Å². The summed E-state index contributed by atoms with van der Waals surface area (Å²) in [5.74, 6) is 0.687. The van der Waals surface area contributed by atoms with E-state index < -0.39 is 17.8 Å². The lowest BCUT2D eigenvalue weighted by Crippen LogP contribution is -2.16. The van der Waals surface area contributed by atoms with Crippen molar-refractivity contribution in [2.75, 3.05) is 0 Å². The SMILES string of the molecule is Cn1ncnc1CC(N)c1ccc(C(F)(F)F)cc1. The molecule has 19 heavy (non-hydrogen) atoms. The molecule has 0 fully saturated rings. The summed E-state index contributed by atoms with van der Waals surface area (Å²) in [5.41, 5.74) is 5.91. The molecule has 102 valence electrons. The Labute approximate surface area is 108 Å². The van der Waals surface area contributed by atoms with Crippen LogP contribution in [0, 0.1) is 0 Å². The Morgan fingerprint density at radius 2 is 1.89 bits per heavy atom. The van der Waals surface area contributed by atoms with Gasteiger partial charge >= 0.3 is 6.18 Å². The van der Waals surface area contributed by atoms with Gasteiger partial charge in [-0.1, -0.05) is 12.1 Å². The fourth-order valence-corrected chi connectivity index (χ4v) is 1.74. The highest BCUT2D eigenvalue weighted by Gasteiger charge is 2.30. The number of hydrogen-bond donors (Lipinski definition) is 1. The van der Waals surface area contributed by atoms with Crippen LogP contribution >= 0.6 is 0 Å². The van der Waals surface area contributed by atoms with E-state index in [1.165, 1.54) is 18.5 Å². The second-order valence-corrected chi connectivity index (χ2v) is 4.23. The summed E-state index contributed by atoms with van der Waals surface area (Å²) in [4.78, 5) is 4.03. The van der Waals surface area contributed by atoms with E-state index in [2.05, 4.69) is 10.1 Å². The van der Waals surface area contributed by atoms with Crippen LogP contribution in [0.4, 0.5) is 13.2 Å². The van der Waals surface area contributed by atoms with Crippen LogP contribution in [0.2, 0.25) is 0 Å². The summed E-state index contributed by atoms with van der Waals surface area (Å²) in [7, 11) is 1.74. The first kappa shape index (κ1) is 13.5. The quantitative estimate of drug-likeness (QED) is 0.929. The Bertz CT molecular complexity index is 545. The molecule has 0 bridgehead atoms. The molecular weight excluding hydrogens is 257 g/mol. The summed E-state index contributed by atoms with van der Waals surface area (Å²) in [6.07, 6.45) is -2.50. The smallest absolute Gasteiger partial charge is 0.324 e. The molecule has 1 aromatic carbocycles. The highest BCUT2D eigenvalue weighted by atomic mass is 19.4. The maximum absolute atomic E-state index is 12.4. The number of aromatic nitrogens is 3. The summed E-state index contributed by atoms with van der Waals surface area (Å²) in [6.45, 7) is 0. The molecule has 0 saturated heterocycles. The zero-order chi connectivity index (χ0) is 14.0. The van der Waals surface area contributed by atoms with Gasteiger partial charge in [-0.15, -0.1) is 0 Å². The third-order valence-electron chi connectivity index (χ3n) is 2.87. The molecule has 0 saturated carbocycles. The molecule has 2 N–H and O–H groups in total. The molecular formula is C12H13F3N4. The first-order valence-corrected chi connectivity index (χ1v) is 5.63. The van der Waals surface area contributed by atoms with Crippen LogP contribution in [0.15, 0.2) is 30.6 Å². The highest BCUT2D eigenvalue weighted by molar-refractivity contribution is 5.27. The van der Waals surface area contributed by atoms with Crippen molar-refractivity contribution in [3.05, 3.63) is 47.5 Å². The summed E-state index contributed by atoms with van der Waals surface area (Å²) in [6, 6.07) is 4.44. The van der Waals surface area contributed by atoms with Crippen molar-refractivity contribution in [1.82, 2.24) is 14.8 Å². The summed E-state index contributed by atoms with van der Waals surface area (Å²) in [5, 5.41) is 3.91. The van der Waals surface area contributed by atoms with Gasteiger partial charge in [0.25, 0.3) is 0 Å². The summed E-state index contributed by atoms with van der Waals surface area (Å²) >= 11 is 0. The largest absolute Gasteiger partial charge is 0.416 e. The lowest BCUT2D eigenvalue weighted by Gasteiger charge is -2.13. The normalized spacial score (nSPS) is 13.5. The molecule has 0 spiro atoms. The number of halogens is 3. The van der Waals surface area contributed by atoms with Crippen molar-refractivity contribution >= 4 is 0 Å². The first-order valence-electron chi connectivity index (χ1n) is 5.63. The maximum atomic E-state index is 12.4. The van der Waals surface area contributed by atoms with Gasteiger partial charge in [0.05, 0.1) is 5.56 Å². The molecule has 4 nitrogen and oxygen atoms in total. The Morgan fingerprint density at radius 1 is 1.26 bits per heavy atom. The fraction of sp³-hybridized carbons (Fsp3) is 0.333. The number of alkyl halides is 3. The van der Waals surface area contributed by atoms with E-state index in [4.69, 9.17) is 5.73 Å². The number of rotatable bonds is 3. The minimum atomic E-state index is -4.33. The molecule has 0 amide bonds.